The van der Waals surface area contributed by atoms with Crippen LogP contribution < -0.4 is 0 Å². The van der Waals surface area contributed by atoms with Gasteiger partial charge in [-0.1, -0.05) is 0 Å². The van der Waals surface area contributed by atoms with Crippen LogP contribution in [0.25, 0.3) is 0 Å². The van der Waals surface area contributed by atoms with Gasteiger partial charge in [0.2, 0.25) is 0 Å². The minimum Gasteiger partial charge on any atom is -0.453 e. The number of hydrogen-bond donors (Lipinski definition) is 2. The summed E-state index contributed by atoms with van der Waals surface area (Å²) in [5.41, 5.74) is 0.281. The fourth-order valence-corrected chi connectivity index (χ4v) is 0. The van der Waals surface area contributed by atoms with E-state index in [-0.39, 0.29) is 5.65 Å². The topological polar surface area (TPSA) is 20.2 Å². The van der Waals surface area contributed by atoms with Crippen LogP contribution in [0.15, 0.2) is 0 Å². The summed E-state index contributed by atoms with van der Waals surface area (Å²) in [4.78, 5) is 0. The highest BCUT2D eigenvalue weighted by atomic mass is 32.1. The molecule has 0 aromatic carbocycles. The molecule has 4 heavy (non-hydrogen) atoms. The highest BCUT2D eigenvalue weighted by molar-refractivity contribution is 7.81. The first-order chi connectivity index (χ1) is 2.81. The van der Waals surface area contributed by atoms with Crippen LogP contribution in [0.3, 0.4) is 0 Å². The van der Waals surface area contributed by atoms with Gasteiger partial charge in [-0.25, -0.2) is 0 Å². The van der Waals surface area contributed by atoms with Crippen molar-refractivity contribution in [2.45, 2.75) is 0 Å². The van der Waals surface area contributed by atoms with Crippen molar-refractivity contribution in [1.82, 2.24) is 0 Å². The van der Waals surface area contributed by atoms with Crippen molar-refractivity contribution in [2.24, 2.45) is 0 Å². The summed E-state index contributed by atoms with van der Waals surface area (Å²) in [7, 11) is -0.784. The van der Waals surface area contributed by atoms with Crippen LogP contribution in [0, 0.1) is 0 Å². The van der Waals surface area contributed by atoms with Crippen molar-refractivity contribution < 1.29 is 5.03 Å². The van der Waals surface area contributed by atoms with Crippen LogP contribution >= 0.6 is 12.6 Å². The zero-order valence-corrected chi connectivity index (χ0v) is 3.03. The smallest absolute Gasteiger partial charge is 0.280 e. The molecule has 0 spiro atoms. The lowest BCUT2D eigenvalue weighted by Gasteiger charge is -1.63. The lowest BCUT2D eigenvalue weighted by molar-refractivity contribution is 0.609. The van der Waals surface area contributed by atoms with Crippen molar-refractivity contribution in [3.63, 3.8) is 0 Å². The predicted molar refractivity (Wildman–Crippen MR) is 23.2 cm³/mol. The van der Waals surface area contributed by atoms with Crippen LogP contribution in [0.1, 0.15) is 0 Å². The molecule has 0 bridgehead atoms. The highest BCUT2D eigenvalue weighted by Gasteiger charge is 1.65. The lowest BCUT2D eigenvalue weighted by Crippen LogP contribution is -1.84. The molecule has 0 aliphatic heterocycles. The molecular formula is CH5BOS. The maximum atomic E-state index is 6.58. The molecule has 0 aromatic heterocycles. The van der Waals surface area contributed by atoms with Gasteiger partial charge in [0.15, 0.2) is 1.43 Å². The van der Waals surface area contributed by atoms with Gasteiger partial charge in [0.05, 0.1) is 0 Å². The van der Waals surface area contributed by atoms with E-state index in [2.05, 4.69) is 17.7 Å². The fourth-order valence-electron chi connectivity index (χ4n) is 0. The van der Waals surface area contributed by atoms with E-state index < -0.39 is 7.45 Å². The molecule has 0 radical (unpaired) electrons. The van der Waals surface area contributed by atoms with E-state index in [0.717, 1.165) is 0 Å². The van der Waals surface area contributed by atoms with E-state index >= 15 is 0 Å². The van der Waals surface area contributed by atoms with Gasteiger partial charge in [-0.3, -0.25) is 0 Å². The Morgan fingerprint density at radius 3 is 3.75 bits per heavy atom. The summed E-state index contributed by atoms with van der Waals surface area (Å²) in [6.45, 7) is 0. The molecule has 0 atom stereocenters. The van der Waals surface area contributed by atoms with E-state index in [1.165, 1.54) is 0 Å². The first-order valence-corrected chi connectivity index (χ1v) is 1.59. The quantitative estimate of drug-likeness (QED) is 0.328. The third-order valence-electron chi connectivity index (χ3n) is 0.0745. The van der Waals surface area contributed by atoms with Crippen molar-refractivity contribution in [3.05, 3.63) is 0 Å². The highest BCUT2D eigenvalue weighted by Crippen LogP contribution is 1.58. The van der Waals surface area contributed by atoms with E-state index in [4.69, 9.17) is 2.77 Å². The van der Waals surface area contributed by atoms with Gasteiger partial charge >= 0.3 is 0 Å². The van der Waals surface area contributed by atoms with Gasteiger partial charge in [0.1, 0.15) is 0 Å². The zero-order chi connectivity index (χ0) is 4.99. The second-order valence-electron chi connectivity index (χ2n) is 0.349. The Balaban J connectivity index is 2.75. The Labute approximate surface area is 34.6 Å². The molecular weight excluding hydrogens is 70.9 g/mol. The van der Waals surface area contributed by atoms with Crippen molar-refractivity contribution in [3.8, 4) is 0 Å². The largest absolute Gasteiger partial charge is 0.453 e. The second kappa shape index (κ2) is 3.37. The Kier molecular flexibility index (Phi) is 1.46. The summed E-state index contributed by atoms with van der Waals surface area (Å²) >= 11 is 3.66. The van der Waals surface area contributed by atoms with Gasteiger partial charge in [0, 0.05) is 1.34 Å². The number of hydrogen-bond acceptors (Lipinski definition) is 2. The van der Waals surface area contributed by atoms with Crippen LogP contribution in [-0.2, 0) is 0 Å². The molecule has 0 saturated carbocycles. The van der Waals surface area contributed by atoms with Crippen LogP contribution in [0.2, 0.25) is 0 Å². The Bertz CT molecular complexity index is 32.7. The van der Waals surface area contributed by atoms with E-state index in [1.54, 1.807) is 0 Å². The molecule has 0 fully saturated rings. The summed E-state index contributed by atoms with van der Waals surface area (Å²) in [6, 6.07) is 0. The molecule has 0 aliphatic rings. The third kappa shape index (κ3) is 2.37. The maximum absolute atomic E-state index is 6.58. The van der Waals surface area contributed by atoms with Crippen molar-refractivity contribution in [1.29, 1.82) is 2.77 Å². The fraction of sp³-hybridized carbons (Fsp3) is 1.00. The van der Waals surface area contributed by atoms with Gasteiger partial charge in [-0.2, -0.15) is 12.6 Å². The standard InChI is InChI=1S/CH5BOS/c3-2-1-4/h2-4H,1H2/i2D,3T. The third-order valence-corrected chi connectivity index (χ3v) is 0.224. The monoisotopic (exact) mass is 79.0 g/mol. The lowest BCUT2D eigenvalue weighted by atomic mass is 10.1. The van der Waals surface area contributed by atoms with E-state index in [9.17, 15) is 0 Å². The summed E-state index contributed by atoms with van der Waals surface area (Å²) < 4.78 is 12.7. The maximum Gasteiger partial charge on any atom is 0.280 e. The van der Waals surface area contributed by atoms with E-state index in [1.807, 2.05) is 0 Å². The molecule has 24 valence electrons. The Morgan fingerprint density at radius 1 is 3.00 bits per heavy atom. The zero-order valence-electron chi connectivity index (χ0n) is 4.14. The van der Waals surface area contributed by atoms with Crippen molar-refractivity contribution >= 4 is 20.1 Å². The van der Waals surface area contributed by atoms with Gasteiger partial charge in [-0.15, -0.1) is 0 Å². The summed E-state index contributed by atoms with van der Waals surface area (Å²) in [5.74, 6) is 0. The first-order valence-electron chi connectivity index (χ1n) is 1.95. The number of thiol groups is 1. The molecule has 0 aromatic rings. The van der Waals surface area contributed by atoms with Crippen molar-refractivity contribution in [2.75, 3.05) is 5.65 Å². The second-order valence-corrected chi connectivity index (χ2v) is 0.714. The minimum atomic E-state index is -0.784. The first kappa shape index (κ1) is 1.72. The van der Waals surface area contributed by atoms with Crippen LogP contribution in [0.5, 0.6) is 0 Å². The molecule has 0 amide bonds. The van der Waals surface area contributed by atoms with Crippen LogP contribution in [-0.4, -0.2) is 20.9 Å². The minimum absolute atomic E-state index is 0.281. The Hall–Kier alpha value is 0.375. The Morgan fingerprint density at radius 2 is 3.75 bits per heavy atom. The van der Waals surface area contributed by atoms with Gasteiger partial charge in [-0.05, 0) is 5.65 Å². The molecule has 0 heterocycles. The SMILES string of the molecule is [2H]B(CS)O[3H]. The molecule has 1 N–H and O–H groups in total. The average Bonchev–Trinajstić information content (AvgIpc) is 1.65. The molecule has 0 rings (SSSR count). The van der Waals surface area contributed by atoms with E-state index in [0.29, 0.717) is 0 Å². The molecule has 3 heteroatoms. The van der Waals surface area contributed by atoms with Gasteiger partial charge in [0.25, 0.3) is 7.45 Å². The molecule has 0 aliphatic carbocycles. The average molecular weight is 78.9 g/mol. The predicted octanol–water partition coefficient (Wildman–Crippen LogP) is -0.783. The number of rotatable bonds is 2. The van der Waals surface area contributed by atoms with Gasteiger partial charge < -0.3 is 5.03 Å². The molecule has 0 saturated heterocycles. The summed E-state index contributed by atoms with van der Waals surface area (Å²) in [6.07, 6.45) is 0. The summed E-state index contributed by atoms with van der Waals surface area (Å²) in [5, 5.41) is 3.74. The molecule has 0 unspecified atom stereocenters. The molecule has 1 nitrogen and oxygen atoms in total. The van der Waals surface area contributed by atoms with Crippen LogP contribution in [0.4, 0.5) is 0 Å². The normalized spacial score (nSPS) is 13.2.